The molecule has 2 aromatic carbocycles. The van der Waals surface area contributed by atoms with Crippen molar-refractivity contribution < 1.29 is 9.47 Å². The fourth-order valence-electron chi connectivity index (χ4n) is 2.16. The summed E-state index contributed by atoms with van der Waals surface area (Å²) in [7, 11) is 0. The number of halogens is 1. The van der Waals surface area contributed by atoms with Crippen LogP contribution >= 0.6 is 22.6 Å². The Morgan fingerprint density at radius 1 is 1.00 bits per heavy atom. The van der Waals surface area contributed by atoms with Gasteiger partial charge in [-0.1, -0.05) is 24.3 Å². The van der Waals surface area contributed by atoms with Crippen LogP contribution in [0.5, 0.6) is 11.5 Å². The summed E-state index contributed by atoms with van der Waals surface area (Å²) in [6.45, 7) is 1.20. The third-order valence-electron chi connectivity index (χ3n) is 3.17. The van der Waals surface area contributed by atoms with Gasteiger partial charge < -0.3 is 15.2 Å². The highest BCUT2D eigenvalue weighted by Crippen LogP contribution is 2.34. The molecule has 0 amide bonds. The van der Waals surface area contributed by atoms with Crippen LogP contribution in [0.4, 0.5) is 0 Å². The maximum absolute atomic E-state index is 6.35. The molecule has 3 rings (SSSR count). The van der Waals surface area contributed by atoms with Crippen LogP contribution in [-0.2, 0) is 0 Å². The maximum Gasteiger partial charge on any atom is 0.161 e. The van der Waals surface area contributed by atoms with E-state index < -0.39 is 0 Å². The van der Waals surface area contributed by atoms with Crippen molar-refractivity contribution in [2.24, 2.45) is 5.73 Å². The fraction of sp³-hybridized carbons (Fsp3) is 0.200. The average molecular weight is 367 g/mol. The molecule has 1 unspecified atom stereocenters. The monoisotopic (exact) mass is 367 g/mol. The summed E-state index contributed by atoms with van der Waals surface area (Å²) in [5.74, 6) is 1.58. The van der Waals surface area contributed by atoms with E-state index in [1.165, 1.54) is 3.57 Å². The normalized spacial score (nSPS) is 15.1. The van der Waals surface area contributed by atoms with Crippen LogP contribution in [0, 0.1) is 3.57 Å². The fourth-order valence-corrected chi connectivity index (χ4v) is 2.88. The highest BCUT2D eigenvalue weighted by atomic mass is 127. The van der Waals surface area contributed by atoms with Gasteiger partial charge in [-0.3, -0.25) is 0 Å². The molecule has 0 saturated heterocycles. The highest BCUT2D eigenvalue weighted by Gasteiger charge is 2.16. The van der Waals surface area contributed by atoms with E-state index in [4.69, 9.17) is 15.2 Å². The lowest BCUT2D eigenvalue weighted by molar-refractivity contribution is 0.171. The van der Waals surface area contributed by atoms with Crippen molar-refractivity contribution in [2.45, 2.75) is 6.04 Å². The second-order valence-electron chi connectivity index (χ2n) is 4.40. The lowest BCUT2D eigenvalue weighted by Gasteiger charge is -2.21. The summed E-state index contributed by atoms with van der Waals surface area (Å²) in [5.41, 5.74) is 8.51. The van der Waals surface area contributed by atoms with Crippen molar-refractivity contribution in [3.63, 3.8) is 0 Å². The van der Waals surface area contributed by atoms with Gasteiger partial charge in [-0.15, -0.1) is 0 Å². The van der Waals surface area contributed by atoms with Crippen LogP contribution in [0.2, 0.25) is 0 Å². The first-order chi connectivity index (χ1) is 9.25. The van der Waals surface area contributed by atoms with Crippen LogP contribution in [0.25, 0.3) is 0 Å². The van der Waals surface area contributed by atoms with Crippen LogP contribution < -0.4 is 15.2 Å². The van der Waals surface area contributed by atoms with E-state index in [9.17, 15) is 0 Å². The van der Waals surface area contributed by atoms with E-state index in [1.807, 2.05) is 30.3 Å². The lowest BCUT2D eigenvalue weighted by atomic mass is 9.99. The highest BCUT2D eigenvalue weighted by molar-refractivity contribution is 14.1. The summed E-state index contributed by atoms with van der Waals surface area (Å²) < 4.78 is 12.3. The molecule has 1 heterocycles. The average Bonchev–Trinajstić information content (AvgIpc) is 2.46. The Kier molecular flexibility index (Phi) is 3.61. The van der Waals surface area contributed by atoms with Gasteiger partial charge in [0.15, 0.2) is 11.5 Å². The molecule has 19 heavy (non-hydrogen) atoms. The molecule has 0 radical (unpaired) electrons. The molecule has 0 saturated carbocycles. The molecule has 0 aromatic heterocycles. The Morgan fingerprint density at radius 3 is 2.53 bits per heavy atom. The van der Waals surface area contributed by atoms with Gasteiger partial charge in [0.25, 0.3) is 0 Å². The molecule has 0 spiro atoms. The van der Waals surface area contributed by atoms with Gasteiger partial charge in [0.2, 0.25) is 0 Å². The summed E-state index contributed by atoms with van der Waals surface area (Å²) in [6.07, 6.45) is 0. The van der Waals surface area contributed by atoms with Crippen molar-refractivity contribution in [1.82, 2.24) is 0 Å². The molecular weight excluding hydrogens is 353 g/mol. The molecule has 1 aliphatic heterocycles. The lowest BCUT2D eigenvalue weighted by Crippen LogP contribution is -2.17. The van der Waals surface area contributed by atoms with Crippen LogP contribution in [-0.4, -0.2) is 13.2 Å². The van der Waals surface area contributed by atoms with Crippen LogP contribution in [0.15, 0.2) is 42.5 Å². The second kappa shape index (κ2) is 5.38. The van der Waals surface area contributed by atoms with Crippen molar-refractivity contribution >= 4 is 22.6 Å². The SMILES string of the molecule is NC(c1ccc2c(c1)OCCO2)c1ccccc1I. The standard InChI is InChI=1S/C15H14INO2/c16-12-4-2-1-3-11(12)15(17)10-5-6-13-14(9-10)19-8-7-18-13/h1-6,9,15H,7-8,17H2. The molecule has 0 aliphatic carbocycles. The maximum atomic E-state index is 6.35. The predicted molar refractivity (Wildman–Crippen MR) is 82.6 cm³/mol. The molecule has 1 aliphatic rings. The number of benzene rings is 2. The molecule has 1 atom stereocenters. The Bertz CT molecular complexity index is 600. The Hall–Kier alpha value is -1.27. The van der Waals surface area contributed by atoms with Gasteiger partial charge >= 0.3 is 0 Å². The van der Waals surface area contributed by atoms with Gasteiger partial charge in [-0.2, -0.15) is 0 Å². The van der Waals surface area contributed by atoms with Gasteiger partial charge in [0, 0.05) is 3.57 Å². The number of nitrogens with two attached hydrogens (primary N) is 1. The Labute approximate surface area is 125 Å². The summed E-state index contributed by atoms with van der Waals surface area (Å²) in [4.78, 5) is 0. The minimum atomic E-state index is -0.149. The third kappa shape index (κ3) is 2.55. The van der Waals surface area contributed by atoms with Crippen LogP contribution in [0.3, 0.4) is 0 Å². The number of hydrogen-bond donors (Lipinski definition) is 1. The Morgan fingerprint density at radius 2 is 1.74 bits per heavy atom. The van der Waals surface area contributed by atoms with E-state index in [0.717, 1.165) is 22.6 Å². The number of ether oxygens (including phenoxy) is 2. The zero-order chi connectivity index (χ0) is 13.2. The van der Waals surface area contributed by atoms with Crippen molar-refractivity contribution in [2.75, 3.05) is 13.2 Å². The van der Waals surface area contributed by atoms with E-state index in [2.05, 4.69) is 34.7 Å². The largest absolute Gasteiger partial charge is 0.486 e. The van der Waals surface area contributed by atoms with Crippen molar-refractivity contribution in [3.8, 4) is 11.5 Å². The quantitative estimate of drug-likeness (QED) is 0.830. The smallest absolute Gasteiger partial charge is 0.161 e. The molecule has 0 bridgehead atoms. The zero-order valence-corrected chi connectivity index (χ0v) is 12.5. The molecule has 0 fully saturated rings. The molecule has 3 nitrogen and oxygen atoms in total. The molecule has 2 aromatic rings. The summed E-state index contributed by atoms with van der Waals surface area (Å²) in [6, 6.07) is 13.9. The van der Waals surface area contributed by atoms with Gasteiger partial charge in [0.1, 0.15) is 13.2 Å². The van der Waals surface area contributed by atoms with Gasteiger partial charge in [-0.25, -0.2) is 0 Å². The Balaban J connectivity index is 1.96. The summed E-state index contributed by atoms with van der Waals surface area (Å²) in [5, 5.41) is 0. The van der Waals surface area contributed by atoms with Crippen LogP contribution in [0.1, 0.15) is 17.2 Å². The molecule has 2 N–H and O–H groups in total. The van der Waals surface area contributed by atoms with Crippen molar-refractivity contribution in [1.29, 1.82) is 0 Å². The first-order valence-electron chi connectivity index (χ1n) is 6.15. The predicted octanol–water partition coefficient (Wildman–Crippen LogP) is 3.11. The van der Waals surface area contributed by atoms with Gasteiger partial charge in [-0.05, 0) is 51.9 Å². The number of fused-ring (bicyclic) bond motifs is 1. The topological polar surface area (TPSA) is 44.5 Å². The molecular formula is C15H14INO2. The third-order valence-corrected chi connectivity index (χ3v) is 4.15. The first kappa shape index (κ1) is 12.7. The molecule has 98 valence electrons. The first-order valence-corrected chi connectivity index (χ1v) is 7.23. The summed E-state index contributed by atoms with van der Waals surface area (Å²) >= 11 is 2.31. The minimum Gasteiger partial charge on any atom is -0.486 e. The minimum absolute atomic E-state index is 0.149. The zero-order valence-electron chi connectivity index (χ0n) is 10.3. The van der Waals surface area contributed by atoms with E-state index in [0.29, 0.717) is 13.2 Å². The second-order valence-corrected chi connectivity index (χ2v) is 5.56. The molecule has 4 heteroatoms. The van der Waals surface area contributed by atoms with E-state index >= 15 is 0 Å². The van der Waals surface area contributed by atoms with E-state index in [-0.39, 0.29) is 6.04 Å². The number of hydrogen-bond acceptors (Lipinski definition) is 3. The van der Waals surface area contributed by atoms with Gasteiger partial charge in [0.05, 0.1) is 6.04 Å². The number of rotatable bonds is 2. The van der Waals surface area contributed by atoms with Crippen molar-refractivity contribution in [3.05, 3.63) is 57.2 Å². The van der Waals surface area contributed by atoms with E-state index in [1.54, 1.807) is 0 Å².